The number of aliphatic hydroxyl groups is 1. The molecule has 0 fully saturated rings. The third-order valence-electron chi connectivity index (χ3n) is 2.04. The number of benzene rings is 1. The number of aldehydes is 1. The standard InChI is InChI=1S/C12H16O5/c1-15-11-3-2-10(9-14)8-12(11)17-7-6-16-5-4-13/h2-3,8-9,13H,4-7H2,1H3. The fourth-order valence-corrected chi connectivity index (χ4v) is 1.26. The van der Waals surface area contributed by atoms with E-state index in [4.69, 9.17) is 19.3 Å². The highest BCUT2D eigenvalue weighted by Crippen LogP contribution is 2.27. The molecule has 0 bridgehead atoms. The van der Waals surface area contributed by atoms with Crippen LogP contribution in [-0.2, 0) is 4.74 Å². The van der Waals surface area contributed by atoms with E-state index in [1.807, 2.05) is 0 Å². The molecule has 0 aliphatic carbocycles. The Kier molecular flexibility index (Phi) is 6.06. The lowest BCUT2D eigenvalue weighted by Gasteiger charge is -2.11. The second kappa shape index (κ2) is 7.65. The lowest BCUT2D eigenvalue weighted by Crippen LogP contribution is -2.09. The molecule has 0 atom stereocenters. The monoisotopic (exact) mass is 240 g/mol. The zero-order chi connectivity index (χ0) is 12.5. The normalized spacial score (nSPS) is 10.0. The molecule has 0 aliphatic rings. The van der Waals surface area contributed by atoms with Crippen molar-refractivity contribution < 1.29 is 24.1 Å². The van der Waals surface area contributed by atoms with E-state index in [2.05, 4.69) is 0 Å². The largest absolute Gasteiger partial charge is 0.493 e. The first-order valence-corrected chi connectivity index (χ1v) is 5.26. The molecule has 5 nitrogen and oxygen atoms in total. The van der Waals surface area contributed by atoms with Crippen LogP contribution in [0.5, 0.6) is 11.5 Å². The Bertz CT molecular complexity index is 351. The van der Waals surface area contributed by atoms with Crippen LogP contribution in [0.4, 0.5) is 0 Å². The van der Waals surface area contributed by atoms with Crippen molar-refractivity contribution in [2.45, 2.75) is 0 Å². The Morgan fingerprint density at radius 3 is 2.71 bits per heavy atom. The van der Waals surface area contributed by atoms with Crippen LogP contribution in [0.25, 0.3) is 0 Å². The van der Waals surface area contributed by atoms with Crippen molar-refractivity contribution in [3.63, 3.8) is 0 Å². The molecule has 1 aromatic carbocycles. The fourth-order valence-electron chi connectivity index (χ4n) is 1.26. The van der Waals surface area contributed by atoms with E-state index in [-0.39, 0.29) is 13.2 Å². The zero-order valence-electron chi connectivity index (χ0n) is 9.72. The van der Waals surface area contributed by atoms with E-state index in [1.54, 1.807) is 18.2 Å². The summed E-state index contributed by atoms with van der Waals surface area (Å²) in [5.74, 6) is 1.07. The summed E-state index contributed by atoms with van der Waals surface area (Å²) in [7, 11) is 1.53. The first-order valence-electron chi connectivity index (χ1n) is 5.26. The second-order valence-electron chi connectivity index (χ2n) is 3.21. The van der Waals surface area contributed by atoms with Gasteiger partial charge in [-0.3, -0.25) is 4.79 Å². The highest BCUT2D eigenvalue weighted by molar-refractivity contribution is 5.76. The van der Waals surface area contributed by atoms with E-state index in [1.165, 1.54) is 7.11 Å². The predicted molar refractivity (Wildman–Crippen MR) is 61.8 cm³/mol. The van der Waals surface area contributed by atoms with Crippen LogP contribution >= 0.6 is 0 Å². The van der Waals surface area contributed by atoms with Gasteiger partial charge in [-0.25, -0.2) is 0 Å². The van der Waals surface area contributed by atoms with Gasteiger partial charge in [0.1, 0.15) is 12.9 Å². The smallest absolute Gasteiger partial charge is 0.161 e. The van der Waals surface area contributed by atoms with Crippen molar-refractivity contribution in [3.05, 3.63) is 23.8 Å². The van der Waals surface area contributed by atoms with Crippen LogP contribution in [0, 0.1) is 0 Å². The first kappa shape index (κ1) is 13.5. The van der Waals surface area contributed by atoms with Gasteiger partial charge >= 0.3 is 0 Å². The number of methoxy groups -OCH3 is 1. The summed E-state index contributed by atoms with van der Waals surface area (Å²) in [5, 5.41) is 8.51. The van der Waals surface area contributed by atoms with Gasteiger partial charge in [-0.2, -0.15) is 0 Å². The van der Waals surface area contributed by atoms with Crippen LogP contribution in [0.3, 0.4) is 0 Å². The molecule has 0 unspecified atom stereocenters. The number of ether oxygens (including phenoxy) is 3. The van der Waals surface area contributed by atoms with Crippen molar-refractivity contribution >= 4 is 6.29 Å². The fraction of sp³-hybridized carbons (Fsp3) is 0.417. The van der Waals surface area contributed by atoms with Crippen LogP contribution in [0.1, 0.15) is 10.4 Å². The molecule has 0 saturated heterocycles. The molecule has 5 heteroatoms. The van der Waals surface area contributed by atoms with Crippen LogP contribution in [0.2, 0.25) is 0 Å². The van der Waals surface area contributed by atoms with Gasteiger partial charge < -0.3 is 19.3 Å². The highest BCUT2D eigenvalue weighted by atomic mass is 16.5. The Labute approximate surface area is 99.9 Å². The summed E-state index contributed by atoms with van der Waals surface area (Å²) in [5.41, 5.74) is 0.525. The average Bonchev–Trinajstić information content (AvgIpc) is 2.38. The van der Waals surface area contributed by atoms with Crippen LogP contribution in [-0.4, -0.2) is 44.9 Å². The molecule has 1 aromatic rings. The Balaban J connectivity index is 2.52. The van der Waals surface area contributed by atoms with Crippen molar-refractivity contribution in [2.75, 3.05) is 33.5 Å². The van der Waals surface area contributed by atoms with Crippen molar-refractivity contribution in [1.82, 2.24) is 0 Å². The number of aliphatic hydroxyl groups excluding tert-OH is 1. The highest BCUT2D eigenvalue weighted by Gasteiger charge is 2.05. The molecular formula is C12H16O5. The number of hydrogen-bond acceptors (Lipinski definition) is 5. The van der Waals surface area contributed by atoms with Gasteiger partial charge in [0.2, 0.25) is 0 Å². The molecule has 0 radical (unpaired) electrons. The quantitative estimate of drug-likeness (QED) is 0.540. The van der Waals surface area contributed by atoms with E-state index >= 15 is 0 Å². The van der Waals surface area contributed by atoms with E-state index in [9.17, 15) is 4.79 Å². The Morgan fingerprint density at radius 2 is 2.06 bits per heavy atom. The summed E-state index contributed by atoms with van der Waals surface area (Å²) in [6.45, 7) is 0.979. The minimum atomic E-state index is -0.00997. The van der Waals surface area contributed by atoms with Crippen molar-refractivity contribution in [3.8, 4) is 11.5 Å². The molecule has 17 heavy (non-hydrogen) atoms. The van der Waals surface area contributed by atoms with Gasteiger partial charge in [0, 0.05) is 5.56 Å². The molecule has 1 rings (SSSR count). The molecule has 0 amide bonds. The molecule has 0 aromatic heterocycles. The summed E-state index contributed by atoms with van der Waals surface area (Å²) >= 11 is 0. The maximum absolute atomic E-state index is 10.6. The number of carbonyl (C=O) groups excluding carboxylic acids is 1. The average molecular weight is 240 g/mol. The third-order valence-corrected chi connectivity index (χ3v) is 2.04. The van der Waals surface area contributed by atoms with Gasteiger partial charge in [-0.15, -0.1) is 0 Å². The molecule has 0 aliphatic heterocycles. The Morgan fingerprint density at radius 1 is 1.24 bits per heavy atom. The maximum atomic E-state index is 10.6. The third kappa shape index (κ3) is 4.42. The molecule has 94 valence electrons. The summed E-state index contributed by atoms with van der Waals surface area (Å²) < 4.78 is 15.6. The number of carbonyl (C=O) groups is 1. The second-order valence-corrected chi connectivity index (χ2v) is 3.21. The summed E-state index contributed by atoms with van der Waals surface area (Å²) in [4.78, 5) is 10.6. The summed E-state index contributed by atoms with van der Waals surface area (Å²) in [6.07, 6.45) is 0.745. The Hall–Kier alpha value is -1.59. The number of hydrogen-bond donors (Lipinski definition) is 1. The molecule has 0 saturated carbocycles. The molecule has 0 spiro atoms. The molecule has 1 N–H and O–H groups in total. The van der Waals surface area contributed by atoms with Gasteiger partial charge in [0.15, 0.2) is 11.5 Å². The van der Waals surface area contributed by atoms with Gasteiger partial charge in [-0.05, 0) is 18.2 Å². The first-order chi connectivity index (χ1) is 8.31. The maximum Gasteiger partial charge on any atom is 0.161 e. The zero-order valence-corrected chi connectivity index (χ0v) is 9.72. The molecular weight excluding hydrogens is 224 g/mol. The summed E-state index contributed by atoms with van der Waals surface area (Å²) in [6, 6.07) is 4.94. The van der Waals surface area contributed by atoms with Crippen LogP contribution < -0.4 is 9.47 Å². The van der Waals surface area contributed by atoms with E-state index in [0.717, 1.165) is 6.29 Å². The van der Waals surface area contributed by atoms with Gasteiger partial charge in [0.05, 0.1) is 26.9 Å². The van der Waals surface area contributed by atoms with Crippen molar-refractivity contribution in [1.29, 1.82) is 0 Å². The minimum Gasteiger partial charge on any atom is -0.493 e. The topological polar surface area (TPSA) is 65.0 Å². The lowest BCUT2D eigenvalue weighted by molar-refractivity contribution is 0.0698. The molecule has 0 heterocycles. The lowest BCUT2D eigenvalue weighted by atomic mass is 10.2. The van der Waals surface area contributed by atoms with Gasteiger partial charge in [0.25, 0.3) is 0 Å². The van der Waals surface area contributed by atoms with Crippen molar-refractivity contribution in [2.24, 2.45) is 0 Å². The van der Waals surface area contributed by atoms with E-state index < -0.39 is 0 Å². The minimum absolute atomic E-state index is 0.00997. The van der Waals surface area contributed by atoms with Crippen LogP contribution in [0.15, 0.2) is 18.2 Å². The SMILES string of the molecule is COc1ccc(C=O)cc1OCCOCCO. The van der Waals surface area contributed by atoms with E-state index in [0.29, 0.717) is 30.3 Å². The van der Waals surface area contributed by atoms with Gasteiger partial charge in [-0.1, -0.05) is 0 Å². The number of rotatable bonds is 8. The predicted octanol–water partition coefficient (Wildman–Crippen LogP) is 0.895.